The molecule has 1 fully saturated rings. The lowest BCUT2D eigenvalue weighted by atomic mass is 10.2. The van der Waals surface area contributed by atoms with Crippen LogP contribution in [0, 0.1) is 0 Å². The Hall–Kier alpha value is -2.44. The molecule has 7 heteroatoms. The summed E-state index contributed by atoms with van der Waals surface area (Å²) in [6.45, 7) is 0.0448. The van der Waals surface area contributed by atoms with Crippen molar-refractivity contribution in [1.29, 1.82) is 0 Å². The molecule has 0 saturated carbocycles. The minimum absolute atomic E-state index is 0.0448. The molecule has 2 aromatic carbocycles. The maximum Gasteiger partial charge on any atom is 0.295 e. The second kappa shape index (κ2) is 6.98. The highest BCUT2D eigenvalue weighted by molar-refractivity contribution is 8.18. The molecule has 0 unspecified atom stereocenters. The number of carbonyl (C=O) groups excluding carboxylic acids is 2. The number of rotatable bonds is 4. The number of carbonyl (C=O) groups is 2. The first-order chi connectivity index (χ1) is 11.5. The highest BCUT2D eigenvalue weighted by Gasteiger charge is 2.34. The van der Waals surface area contributed by atoms with Crippen molar-refractivity contribution in [2.45, 2.75) is 0 Å². The van der Waals surface area contributed by atoms with Crippen molar-refractivity contribution >= 4 is 46.3 Å². The third-order valence-corrected chi connectivity index (χ3v) is 4.51. The molecular weight excluding hydrogens is 348 g/mol. The van der Waals surface area contributed by atoms with Crippen LogP contribution in [0.3, 0.4) is 0 Å². The lowest BCUT2D eigenvalue weighted by Crippen LogP contribution is -2.33. The maximum absolute atomic E-state index is 12.4. The third-order valence-electron chi connectivity index (χ3n) is 3.36. The minimum Gasteiger partial charge on any atom is -0.507 e. The van der Waals surface area contributed by atoms with Crippen LogP contribution in [0.2, 0.25) is 5.02 Å². The Morgan fingerprint density at radius 2 is 1.96 bits per heavy atom. The van der Waals surface area contributed by atoms with Crippen LogP contribution in [0.15, 0.2) is 53.4 Å². The summed E-state index contributed by atoms with van der Waals surface area (Å²) < 4.78 is 0. The Morgan fingerprint density at radius 3 is 2.71 bits per heavy atom. The van der Waals surface area contributed by atoms with Crippen molar-refractivity contribution in [3.63, 3.8) is 0 Å². The summed E-state index contributed by atoms with van der Waals surface area (Å²) >= 11 is 6.75. The first-order valence-corrected chi connectivity index (χ1v) is 8.27. The molecule has 1 aliphatic heterocycles. The molecule has 1 aliphatic rings. The zero-order valence-corrected chi connectivity index (χ0v) is 14.0. The molecule has 0 bridgehead atoms. The van der Waals surface area contributed by atoms with Gasteiger partial charge in [0.05, 0.1) is 11.6 Å². The van der Waals surface area contributed by atoms with Crippen LogP contribution in [-0.4, -0.2) is 27.8 Å². The van der Waals surface area contributed by atoms with Gasteiger partial charge in [0.2, 0.25) is 0 Å². The number of amides is 2. The number of benzene rings is 2. The van der Waals surface area contributed by atoms with E-state index in [1.807, 2.05) is 0 Å². The lowest BCUT2D eigenvalue weighted by molar-refractivity contribution is -0.122. The van der Waals surface area contributed by atoms with Gasteiger partial charge in [-0.1, -0.05) is 35.9 Å². The highest BCUT2D eigenvalue weighted by atomic mass is 35.5. The number of halogens is 1. The van der Waals surface area contributed by atoms with Gasteiger partial charge in [0, 0.05) is 16.3 Å². The van der Waals surface area contributed by atoms with Crippen molar-refractivity contribution in [2.75, 3.05) is 12.0 Å². The van der Waals surface area contributed by atoms with Crippen molar-refractivity contribution in [2.24, 2.45) is 0 Å². The van der Waals surface area contributed by atoms with Gasteiger partial charge in [-0.25, -0.2) is 0 Å². The van der Waals surface area contributed by atoms with E-state index >= 15 is 0 Å². The van der Waals surface area contributed by atoms with Gasteiger partial charge < -0.3 is 10.4 Å². The van der Waals surface area contributed by atoms with Crippen molar-refractivity contribution in [3.05, 3.63) is 64.0 Å². The predicted octanol–water partition coefficient (Wildman–Crippen LogP) is 4.15. The number of nitrogens with one attached hydrogen (secondary N) is 1. The number of phenols is 1. The summed E-state index contributed by atoms with van der Waals surface area (Å²) in [7, 11) is 0. The molecule has 0 atom stereocenters. The number of hydrogen-bond donors (Lipinski definition) is 2. The number of thioether (sulfide) groups is 1. The molecule has 0 aliphatic carbocycles. The minimum atomic E-state index is -0.400. The van der Waals surface area contributed by atoms with Gasteiger partial charge in [-0.3, -0.25) is 14.5 Å². The maximum atomic E-state index is 12.4. The fraction of sp³-hybridized carbons (Fsp3) is 0.0588. The van der Waals surface area contributed by atoms with Crippen LogP contribution < -0.4 is 5.32 Å². The summed E-state index contributed by atoms with van der Waals surface area (Å²) in [5.41, 5.74) is 1.21. The van der Waals surface area contributed by atoms with E-state index in [1.54, 1.807) is 42.5 Å². The average molecular weight is 361 g/mol. The summed E-state index contributed by atoms with van der Waals surface area (Å²) in [4.78, 5) is 25.8. The molecule has 0 spiro atoms. The molecule has 1 saturated heterocycles. The smallest absolute Gasteiger partial charge is 0.295 e. The molecule has 0 aromatic heterocycles. The molecule has 24 heavy (non-hydrogen) atoms. The second-order valence-corrected chi connectivity index (χ2v) is 6.44. The fourth-order valence-electron chi connectivity index (χ4n) is 2.16. The number of aromatic hydroxyl groups is 1. The largest absolute Gasteiger partial charge is 0.507 e. The van der Waals surface area contributed by atoms with Gasteiger partial charge in [-0.15, -0.1) is 0 Å². The van der Waals surface area contributed by atoms with Gasteiger partial charge in [0.25, 0.3) is 11.1 Å². The number of hydrogen-bond acceptors (Lipinski definition) is 5. The van der Waals surface area contributed by atoms with E-state index in [0.717, 1.165) is 16.7 Å². The molecule has 0 radical (unpaired) electrons. The average Bonchev–Trinajstić information content (AvgIpc) is 2.82. The van der Waals surface area contributed by atoms with E-state index in [-0.39, 0.29) is 22.6 Å². The second-order valence-electron chi connectivity index (χ2n) is 5.01. The zero-order chi connectivity index (χ0) is 17.1. The number of phenolic OH excluding ortho intramolecular Hbond substituents is 1. The monoisotopic (exact) mass is 360 g/mol. The number of para-hydroxylation sites is 1. The summed E-state index contributed by atoms with van der Waals surface area (Å²) in [6, 6.07) is 13.6. The SMILES string of the molecule is O=C1S/C(=C/c2ccccc2O)C(=O)N1CNc1cccc(Cl)c1. The third kappa shape index (κ3) is 3.55. The predicted molar refractivity (Wildman–Crippen MR) is 95.9 cm³/mol. The number of imide groups is 1. The van der Waals surface area contributed by atoms with E-state index in [2.05, 4.69) is 5.32 Å². The standard InChI is InChI=1S/C17H13ClN2O3S/c18-12-5-3-6-13(9-12)19-10-20-16(22)15(24-17(20)23)8-11-4-1-2-7-14(11)21/h1-9,19,21H,10H2/b15-8+. The molecule has 1 heterocycles. The van der Waals surface area contributed by atoms with E-state index < -0.39 is 5.91 Å². The van der Waals surface area contributed by atoms with Gasteiger partial charge >= 0.3 is 0 Å². The first kappa shape index (κ1) is 16.4. The van der Waals surface area contributed by atoms with Crippen LogP contribution in [0.25, 0.3) is 6.08 Å². The normalized spacial score (nSPS) is 16.0. The van der Waals surface area contributed by atoms with Crippen LogP contribution in [0.4, 0.5) is 10.5 Å². The van der Waals surface area contributed by atoms with Gasteiger partial charge in [-0.05, 0) is 42.1 Å². The van der Waals surface area contributed by atoms with Crippen LogP contribution in [-0.2, 0) is 4.79 Å². The summed E-state index contributed by atoms with van der Waals surface area (Å²) in [6.07, 6.45) is 1.51. The van der Waals surface area contributed by atoms with E-state index in [0.29, 0.717) is 16.3 Å². The molecule has 122 valence electrons. The zero-order valence-electron chi connectivity index (χ0n) is 12.4. The number of anilines is 1. The molecule has 2 aromatic rings. The Balaban J connectivity index is 1.73. The Labute approximate surface area is 147 Å². The topological polar surface area (TPSA) is 69.6 Å². The quantitative estimate of drug-likeness (QED) is 0.801. The Kier molecular flexibility index (Phi) is 4.78. The Morgan fingerprint density at radius 1 is 1.17 bits per heavy atom. The van der Waals surface area contributed by atoms with Gasteiger partial charge in [-0.2, -0.15) is 0 Å². The van der Waals surface area contributed by atoms with E-state index in [1.165, 1.54) is 12.1 Å². The van der Waals surface area contributed by atoms with Crippen molar-refractivity contribution in [1.82, 2.24) is 4.90 Å². The Bertz CT molecular complexity index is 838. The van der Waals surface area contributed by atoms with Gasteiger partial charge in [0.15, 0.2) is 0 Å². The van der Waals surface area contributed by atoms with Gasteiger partial charge in [0.1, 0.15) is 5.75 Å². The molecule has 2 N–H and O–H groups in total. The highest BCUT2D eigenvalue weighted by Crippen LogP contribution is 2.33. The fourth-order valence-corrected chi connectivity index (χ4v) is 3.18. The summed E-state index contributed by atoms with van der Waals surface area (Å²) in [5.74, 6) is -0.343. The van der Waals surface area contributed by atoms with E-state index in [4.69, 9.17) is 11.6 Å². The lowest BCUT2D eigenvalue weighted by Gasteiger charge is -2.14. The molecular formula is C17H13ClN2O3S. The van der Waals surface area contributed by atoms with Crippen molar-refractivity contribution in [3.8, 4) is 5.75 Å². The number of nitrogens with zero attached hydrogens (tertiary/aromatic N) is 1. The van der Waals surface area contributed by atoms with Crippen LogP contribution >= 0.6 is 23.4 Å². The van der Waals surface area contributed by atoms with Crippen LogP contribution in [0.5, 0.6) is 5.75 Å². The molecule has 3 rings (SSSR count). The molecule has 2 amide bonds. The first-order valence-electron chi connectivity index (χ1n) is 7.07. The molecule has 5 nitrogen and oxygen atoms in total. The summed E-state index contributed by atoms with van der Waals surface area (Å²) in [5, 5.41) is 13.0. The van der Waals surface area contributed by atoms with E-state index in [9.17, 15) is 14.7 Å². The van der Waals surface area contributed by atoms with Crippen molar-refractivity contribution < 1.29 is 14.7 Å². The van der Waals surface area contributed by atoms with Crippen LogP contribution in [0.1, 0.15) is 5.56 Å².